The highest BCUT2D eigenvalue weighted by atomic mass is 16.2. The molecule has 220 valence electrons. The van der Waals surface area contributed by atoms with Gasteiger partial charge in [-0.1, -0.05) is 122 Å². The van der Waals surface area contributed by atoms with Gasteiger partial charge in [0, 0.05) is 10.8 Å². The zero-order chi connectivity index (χ0) is 29.9. The van der Waals surface area contributed by atoms with E-state index in [1.54, 1.807) is 0 Å². The second kappa shape index (κ2) is 13.8. The monoisotopic (exact) mass is 563 g/mol. The van der Waals surface area contributed by atoms with Crippen LogP contribution in [0.1, 0.15) is 65.2 Å². The molecule has 0 saturated heterocycles. The third-order valence-corrected chi connectivity index (χ3v) is 8.40. The number of carbonyl (C=O) groups is 2. The molecule has 4 aliphatic carbocycles. The first kappa shape index (κ1) is 31.0. The van der Waals surface area contributed by atoms with Crippen molar-refractivity contribution in [2.75, 3.05) is 0 Å². The molecule has 0 fully saturated rings. The first-order valence-electron chi connectivity index (χ1n) is 15.1. The summed E-state index contributed by atoms with van der Waals surface area (Å²) in [6.07, 6.45) is 48.9. The van der Waals surface area contributed by atoms with Crippen LogP contribution in [0.25, 0.3) is 0 Å². The molecule has 0 aliphatic heterocycles. The van der Waals surface area contributed by atoms with Crippen LogP contribution in [0.5, 0.6) is 0 Å². The normalized spacial score (nSPS) is 34.0. The van der Waals surface area contributed by atoms with Crippen molar-refractivity contribution in [3.05, 3.63) is 122 Å². The SMILES string of the molecule is CC1(C(=O)NC(=N)NC(=O)C2(C)C=CC3(/C=C\C/C=C\C/C=C\C/C=C\3)C2)C=CC2(/C=C\C/C=C\C/C=C\C/C=C\2)C1. The highest BCUT2D eigenvalue weighted by molar-refractivity contribution is 6.06. The van der Waals surface area contributed by atoms with Crippen molar-refractivity contribution in [3.63, 3.8) is 0 Å². The van der Waals surface area contributed by atoms with Crippen LogP contribution in [0.15, 0.2) is 122 Å². The summed E-state index contributed by atoms with van der Waals surface area (Å²) in [6.45, 7) is 3.77. The van der Waals surface area contributed by atoms with Crippen molar-refractivity contribution < 1.29 is 9.59 Å². The van der Waals surface area contributed by atoms with E-state index in [0.717, 1.165) is 38.5 Å². The van der Waals surface area contributed by atoms with Crippen LogP contribution in [0.3, 0.4) is 0 Å². The van der Waals surface area contributed by atoms with Crippen molar-refractivity contribution in [2.45, 2.75) is 65.2 Å². The number of hydrogen-bond acceptors (Lipinski definition) is 3. The second-order valence-electron chi connectivity index (χ2n) is 12.3. The smallest absolute Gasteiger partial charge is 0.236 e. The molecule has 5 nitrogen and oxygen atoms in total. The summed E-state index contributed by atoms with van der Waals surface area (Å²) in [5.41, 5.74) is -2.37. The molecule has 5 heteroatoms. The second-order valence-corrected chi connectivity index (χ2v) is 12.3. The molecule has 2 atom stereocenters. The van der Waals surface area contributed by atoms with Gasteiger partial charge in [0.25, 0.3) is 0 Å². The Bertz CT molecular complexity index is 1180. The fraction of sp³-hybridized carbons (Fsp3) is 0.378. The van der Waals surface area contributed by atoms with Gasteiger partial charge in [-0.25, -0.2) is 0 Å². The number of carbonyl (C=O) groups excluding carboxylic acids is 2. The predicted octanol–water partition coefficient (Wildman–Crippen LogP) is 7.88. The summed E-state index contributed by atoms with van der Waals surface area (Å²) in [5.74, 6) is -0.900. The van der Waals surface area contributed by atoms with E-state index in [9.17, 15) is 9.59 Å². The van der Waals surface area contributed by atoms with Crippen molar-refractivity contribution in [1.29, 1.82) is 5.41 Å². The molecule has 2 unspecified atom stereocenters. The Morgan fingerprint density at radius 1 is 0.476 bits per heavy atom. The minimum absolute atomic E-state index is 0.295. The van der Waals surface area contributed by atoms with E-state index in [1.807, 2.05) is 26.0 Å². The van der Waals surface area contributed by atoms with Gasteiger partial charge >= 0.3 is 0 Å². The summed E-state index contributed by atoms with van der Waals surface area (Å²) < 4.78 is 0. The molecule has 42 heavy (non-hydrogen) atoms. The summed E-state index contributed by atoms with van der Waals surface area (Å²) in [7, 11) is 0. The van der Waals surface area contributed by atoms with E-state index in [2.05, 4.69) is 120 Å². The number of allylic oxidation sites excluding steroid dienone is 18. The molecule has 2 amide bonds. The number of hydrogen-bond donors (Lipinski definition) is 3. The van der Waals surface area contributed by atoms with Gasteiger partial charge < -0.3 is 0 Å². The Morgan fingerprint density at radius 2 is 0.762 bits per heavy atom. The van der Waals surface area contributed by atoms with Gasteiger partial charge in [0.05, 0.1) is 10.8 Å². The number of amides is 2. The minimum Gasteiger partial charge on any atom is -0.296 e. The maximum atomic E-state index is 13.4. The zero-order valence-electron chi connectivity index (χ0n) is 25.0. The standard InChI is InChI=1S/C37H45N3O2/c1-34(25-27-36(29-34)21-17-13-9-5-3-6-10-14-18-22-36)31(41)39-33(38)40-32(42)35(2)26-28-37(30-35)23-19-15-11-7-4-8-12-16-20-24-37/h5-12,17-28H,3-4,13-16,29-30H2,1-2H3,(H3,38,39,40,41,42)/b9-5-,10-6-,11-7-,12-8-,21-17-,22-18-,23-19-,24-20-. The van der Waals surface area contributed by atoms with Crippen LogP contribution in [-0.4, -0.2) is 17.8 Å². The predicted molar refractivity (Wildman–Crippen MR) is 173 cm³/mol. The minimum atomic E-state index is -0.818. The molecule has 0 radical (unpaired) electrons. The summed E-state index contributed by atoms with van der Waals surface area (Å²) in [5, 5.41) is 13.8. The van der Waals surface area contributed by atoms with Crippen molar-refractivity contribution in [2.24, 2.45) is 21.7 Å². The van der Waals surface area contributed by atoms with E-state index in [-0.39, 0.29) is 28.6 Å². The summed E-state index contributed by atoms with van der Waals surface area (Å²) in [4.78, 5) is 26.8. The topological polar surface area (TPSA) is 82.1 Å². The lowest BCUT2D eigenvalue weighted by atomic mass is 9.77. The van der Waals surface area contributed by atoms with Crippen LogP contribution < -0.4 is 10.6 Å². The lowest BCUT2D eigenvalue weighted by Gasteiger charge is -2.29. The summed E-state index contributed by atoms with van der Waals surface area (Å²) >= 11 is 0. The van der Waals surface area contributed by atoms with E-state index < -0.39 is 10.8 Å². The molecule has 4 aliphatic rings. The average Bonchev–Trinajstić information content (AvgIpc) is 3.47. The van der Waals surface area contributed by atoms with Crippen LogP contribution in [0.4, 0.5) is 0 Å². The van der Waals surface area contributed by atoms with Crippen LogP contribution in [0.2, 0.25) is 0 Å². The highest BCUT2D eigenvalue weighted by Crippen LogP contribution is 2.47. The molecule has 3 N–H and O–H groups in total. The van der Waals surface area contributed by atoms with Crippen LogP contribution in [0, 0.1) is 27.1 Å². The summed E-state index contributed by atoms with van der Waals surface area (Å²) in [6, 6.07) is 0. The van der Waals surface area contributed by atoms with Gasteiger partial charge in [0.1, 0.15) is 0 Å². The highest BCUT2D eigenvalue weighted by Gasteiger charge is 2.45. The Morgan fingerprint density at radius 3 is 1.07 bits per heavy atom. The number of rotatable bonds is 2. The van der Waals surface area contributed by atoms with Gasteiger partial charge in [-0.05, 0) is 65.2 Å². The van der Waals surface area contributed by atoms with E-state index >= 15 is 0 Å². The third-order valence-electron chi connectivity index (χ3n) is 8.40. The fourth-order valence-electron chi connectivity index (χ4n) is 6.00. The average molecular weight is 564 g/mol. The lowest BCUT2D eigenvalue weighted by Crippen LogP contribution is -2.51. The fourth-order valence-corrected chi connectivity index (χ4v) is 6.00. The van der Waals surface area contributed by atoms with E-state index in [0.29, 0.717) is 12.8 Å². The molecule has 0 aromatic carbocycles. The van der Waals surface area contributed by atoms with E-state index in [1.165, 1.54) is 0 Å². The van der Waals surface area contributed by atoms with Gasteiger partial charge in [-0.15, -0.1) is 0 Å². The molecule has 4 rings (SSSR count). The Balaban J connectivity index is 1.38. The largest absolute Gasteiger partial charge is 0.296 e. The first-order chi connectivity index (χ1) is 20.2. The molecule has 2 spiro atoms. The zero-order valence-corrected chi connectivity index (χ0v) is 25.0. The molecule has 0 aromatic heterocycles. The van der Waals surface area contributed by atoms with Crippen molar-refractivity contribution in [1.82, 2.24) is 10.6 Å². The van der Waals surface area contributed by atoms with Gasteiger partial charge in [-0.3, -0.25) is 25.6 Å². The number of nitrogens with one attached hydrogen (secondary N) is 3. The van der Waals surface area contributed by atoms with Gasteiger partial charge in [0.15, 0.2) is 0 Å². The maximum Gasteiger partial charge on any atom is 0.236 e. The van der Waals surface area contributed by atoms with Crippen molar-refractivity contribution >= 4 is 17.8 Å². The molecule has 0 bridgehead atoms. The lowest BCUT2D eigenvalue weighted by molar-refractivity contribution is -0.127. The van der Waals surface area contributed by atoms with Crippen LogP contribution in [-0.2, 0) is 9.59 Å². The maximum absolute atomic E-state index is 13.4. The van der Waals surface area contributed by atoms with Crippen molar-refractivity contribution in [3.8, 4) is 0 Å². The molecular weight excluding hydrogens is 518 g/mol. The molecule has 0 aromatic rings. The third kappa shape index (κ3) is 8.06. The number of guanidine groups is 1. The van der Waals surface area contributed by atoms with Gasteiger partial charge in [0.2, 0.25) is 17.8 Å². The van der Waals surface area contributed by atoms with Crippen LogP contribution >= 0.6 is 0 Å². The van der Waals surface area contributed by atoms with Gasteiger partial charge in [-0.2, -0.15) is 0 Å². The Kier molecular flexibility index (Phi) is 10.2. The quantitative estimate of drug-likeness (QED) is 0.181. The molecular formula is C37H45N3O2. The Labute approximate surface area is 251 Å². The van der Waals surface area contributed by atoms with E-state index in [4.69, 9.17) is 5.41 Å². The Hall–Kier alpha value is -3.99. The molecule has 0 heterocycles. The first-order valence-corrected chi connectivity index (χ1v) is 15.1. The molecule has 0 saturated carbocycles.